The third-order valence-corrected chi connectivity index (χ3v) is 4.57. The zero-order chi connectivity index (χ0) is 17.8. The fourth-order valence-corrected chi connectivity index (χ4v) is 2.82. The van der Waals surface area contributed by atoms with Crippen molar-refractivity contribution in [2.75, 3.05) is 6.61 Å². The molecule has 0 spiro atoms. The van der Waals surface area contributed by atoms with Crippen molar-refractivity contribution in [2.24, 2.45) is 0 Å². The van der Waals surface area contributed by atoms with E-state index in [-0.39, 0.29) is 18.6 Å². The average molecular weight is 354 g/mol. The summed E-state index contributed by atoms with van der Waals surface area (Å²) >= 11 is 5.99. The lowest BCUT2D eigenvalue weighted by molar-refractivity contribution is -0.123. The number of ether oxygens (including phenoxy) is 1. The zero-order valence-corrected chi connectivity index (χ0v) is 15.0. The average Bonchev–Trinajstić information content (AvgIpc) is 2.62. The van der Waals surface area contributed by atoms with Gasteiger partial charge >= 0.3 is 0 Å². The Kier molecular flexibility index (Phi) is 5.25. The number of amides is 1. The van der Waals surface area contributed by atoms with Gasteiger partial charge in [-0.15, -0.1) is 0 Å². The molecule has 0 radical (unpaired) electrons. The molecule has 3 aromatic rings. The fourth-order valence-electron chi connectivity index (χ4n) is 2.70. The number of carbonyl (C=O) groups is 1. The lowest BCUT2D eigenvalue weighted by atomic mass is 10.0. The van der Waals surface area contributed by atoms with Crippen LogP contribution in [0, 0.1) is 6.92 Å². The maximum atomic E-state index is 12.2. The molecule has 0 aliphatic heterocycles. The quantitative estimate of drug-likeness (QED) is 0.696. The van der Waals surface area contributed by atoms with Crippen LogP contribution in [0.2, 0.25) is 5.02 Å². The standard InChI is InChI=1S/C21H20ClNO2/c1-14-11-19(9-10-20(14)22)25-13-21(24)23-15(2)17-8-7-16-5-3-4-6-18(16)12-17/h3-12,15H,13H2,1-2H3,(H,23,24)/t15-/m0/s1. The summed E-state index contributed by atoms with van der Waals surface area (Å²) < 4.78 is 5.54. The third kappa shape index (κ3) is 4.31. The number of halogens is 1. The van der Waals surface area contributed by atoms with E-state index in [1.165, 1.54) is 5.39 Å². The molecule has 1 N–H and O–H groups in total. The summed E-state index contributed by atoms with van der Waals surface area (Å²) in [6, 6.07) is 19.6. The first-order chi connectivity index (χ1) is 12.0. The van der Waals surface area contributed by atoms with Crippen molar-refractivity contribution < 1.29 is 9.53 Å². The first-order valence-electron chi connectivity index (χ1n) is 8.20. The SMILES string of the molecule is Cc1cc(OCC(=O)N[C@@H](C)c2ccc3ccccc3c2)ccc1Cl. The van der Waals surface area contributed by atoms with E-state index < -0.39 is 0 Å². The van der Waals surface area contributed by atoms with Gasteiger partial charge in [0.05, 0.1) is 6.04 Å². The molecule has 3 rings (SSSR count). The van der Waals surface area contributed by atoms with Gasteiger partial charge in [-0.05, 0) is 60.0 Å². The molecule has 0 fully saturated rings. The number of carbonyl (C=O) groups excluding carboxylic acids is 1. The molecule has 0 aromatic heterocycles. The minimum absolute atomic E-state index is 0.0288. The molecule has 1 atom stereocenters. The first-order valence-corrected chi connectivity index (χ1v) is 8.58. The number of aryl methyl sites for hydroxylation is 1. The van der Waals surface area contributed by atoms with Crippen molar-refractivity contribution in [3.05, 3.63) is 76.8 Å². The van der Waals surface area contributed by atoms with Crippen LogP contribution in [0.4, 0.5) is 0 Å². The molecule has 0 aliphatic carbocycles. The van der Waals surface area contributed by atoms with Crippen LogP contribution in [-0.2, 0) is 4.79 Å². The second kappa shape index (κ2) is 7.58. The smallest absolute Gasteiger partial charge is 0.258 e. The van der Waals surface area contributed by atoms with Gasteiger partial charge in [0.1, 0.15) is 5.75 Å². The highest BCUT2D eigenvalue weighted by Gasteiger charge is 2.11. The fraction of sp³-hybridized carbons (Fsp3) is 0.190. The molecule has 0 saturated heterocycles. The summed E-state index contributed by atoms with van der Waals surface area (Å²) in [5.74, 6) is 0.476. The molecular weight excluding hydrogens is 334 g/mol. The van der Waals surface area contributed by atoms with Crippen LogP contribution in [0.15, 0.2) is 60.7 Å². The maximum absolute atomic E-state index is 12.2. The summed E-state index contributed by atoms with van der Waals surface area (Å²) in [5, 5.41) is 6.00. The van der Waals surface area contributed by atoms with E-state index in [2.05, 4.69) is 29.6 Å². The van der Waals surface area contributed by atoms with Crippen molar-refractivity contribution in [1.29, 1.82) is 0 Å². The van der Waals surface area contributed by atoms with Crippen molar-refractivity contribution in [1.82, 2.24) is 5.32 Å². The van der Waals surface area contributed by atoms with Crippen LogP contribution < -0.4 is 10.1 Å². The van der Waals surface area contributed by atoms with E-state index in [0.717, 1.165) is 16.5 Å². The molecule has 3 aromatic carbocycles. The van der Waals surface area contributed by atoms with Gasteiger partial charge in [-0.2, -0.15) is 0 Å². The summed E-state index contributed by atoms with van der Waals surface area (Å²) in [6.07, 6.45) is 0. The first kappa shape index (κ1) is 17.3. The summed E-state index contributed by atoms with van der Waals surface area (Å²) in [7, 11) is 0. The van der Waals surface area contributed by atoms with Crippen LogP contribution in [0.25, 0.3) is 10.8 Å². The highest BCUT2D eigenvalue weighted by atomic mass is 35.5. The Morgan fingerprint density at radius 2 is 1.84 bits per heavy atom. The Hall–Kier alpha value is -2.52. The Labute approximate surface area is 152 Å². The number of hydrogen-bond donors (Lipinski definition) is 1. The number of benzene rings is 3. The van der Waals surface area contributed by atoms with Crippen molar-refractivity contribution in [2.45, 2.75) is 19.9 Å². The number of fused-ring (bicyclic) bond motifs is 1. The van der Waals surface area contributed by atoms with Gasteiger partial charge in [-0.1, -0.05) is 48.0 Å². The molecule has 0 aliphatic rings. The van der Waals surface area contributed by atoms with Crippen LogP contribution in [0.5, 0.6) is 5.75 Å². The van der Waals surface area contributed by atoms with E-state index in [1.54, 1.807) is 12.1 Å². The molecule has 0 unspecified atom stereocenters. The second-order valence-corrected chi connectivity index (χ2v) is 6.50. The van der Waals surface area contributed by atoms with E-state index in [4.69, 9.17) is 16.3 Å². The molecule has 4 heteroatoms. The second-order valence-electron chi connectivity index (χ2n) is 6.10. The normalized spacial score (nSPS) is 12.0. The molecule has 25 heavy (non-hydrogen) atoms. The predicted octanol–water partition coefficient (Wildman–Crippen LogP) is 5.06. The van der Waals surface area contributed by atoms with Crippen LogP contribution in [-0.4, -0.2) is 12.5 Å². The Morgan fingerprint density at radius 3 is 2.60 bits per heavy atom. The monoisotopic (exact) mass is 353 g/mol. The topological polar surface area (TPSA) is 38.3 Å². The Bertz CT molecular complexity index is 907. The number of hydrogen-bond acceptors (Lipinski definition) is 2. The van der Waals surface area contributed by atoms with Crippen molar-refractivity contribution >= 4 is 28.3 Å². The lowest BCUT2D eigenvalue weighted by Gasteiger charge is -2.15. The van der Waals surface area contributed by atoms with Gasteiger partial charge in [0.25, 0.3) is 5.91 Å². The van der Waals surface area contributed by atoms with Gasteiger partial charge in [-0.3, -0.25) is 4.79 Å². The van der Waals surface area contributed by atoms with Crippen LogP contribution >= 0.6 is 11.6 Å². The molecule has 0 bridgehead atoms. The molecular formula is C21H20ClNO2. The molecule has 1 amide bonds. The minimum atomic E-state index is -0.159. The summed E-state index contributed by atoms with van der Waals surface area (Å²) in [6.45, 7) is 3.84. The van der Waals surface area contributed by atoms with E-state index in [9.17, 15) is 4.79 Å². The Morgan fingerprint density at radius 1 is 1.08 bits per heavy atom. The van der Waals surface area contributed by atoms with Gasteiger partial charge in [0, 0.05) is 5.02 Å². The highest BCUT2D eigenvalue weighted by Crippen LogP contribution is 2.22. The molecule has 0 saturated carbocycles. The molecule has 128 valence electrons. The van der Waals surface area contributed by atoms with Gasteiger partial charge in [0.15, 0.2) is 6.61 Å². The highest BCUT2D eigenvalue weighted by molar-refractivity contribution is 6.31. The van der Waals surface area contributed by atoms with E-state index in [0.29, 0.717) is 10.8 Å². The Balaban J connectivity index is 1.60. The van der Waals surface area contributed by atoms with E-state index in [1.807, 2.05) is 38.1 Å². The third-order valence-electron chi connectivity index (χ3n) is 4.15. The van der Waals surface area contributed by atoms with Gasteiger partial charge in [-0.25, -0.2) is 0 Å². The molecule has 0 heterocycles. The van der Waals surface area contributed by atoms with Crippen molar-refractivity contribution in [3.8, 4) is 5.75 Å². The minimum Gasteiger partial charge on any atom is -0.484 e. The van der Waals surface area contributed by atoms with Crippen LogP contribution in [0.3, 0.4) is 0 Å². The largest absolute Gasteiger partial charge is 0.484 e. The van der Waals surface area contributed by atoms with Crippen molar-refractivity contribution in [3.63, 3.8) is 0 Å². The molecule has 3 nitrogen and oxygen atoms in total. The zero-order valence-electron chi connectivity index (χ0n) is 14.3. The summed E-state index contributed by atoms with van der Waals surface area (Å²) in [5.41, 5.74) is 1.98. The predicted molar refractivity (Wildman–Crippen MR) is 102 cm³/mol. The maximum Gasteiger partial charge on any atom is 0.258 e. The number of nitrogens with one attached hydrogen (secondary N) is 1. The van der Waals surface area contributed by atoms with Crippen LogP contribution in [0.1, 0.15) is 24.1 Å². The number of rotatable bonds is 5. The lowest BCUT2D eigenvalue weighted by Crippen LogP contribution is -2.31. The van der Waals surface area contributed by atoms with E-state index >= 15 is 0 Å². The van der Waals surface area contributed by atoms with Gasteiger partial charge < -0.3 is 10.1 Å². The summed E-state index contributed by atoms with van der Waals surface area (Å²) in [4.78, 5) is 12.2. The van der Waals surface area contributed by atoms with Gasteiger partial charge in [0.2, 0.25) is 0 Å².